The second-order valence-corrected chi connectivity index (χ2v) is 16.5. The number of hydrogen-bond donors (Lipinski definition) is 10. The SMILES string of the molecule is CSCC[C@H](NC(=O)[C@H](C)NC(=O)[C@H](CCCN=C(N)N)NC(=O)[C@H](CC1CCCCC1)NC(C)=O)C(=O)N[C@@H](C)C(=O)N(C)[C@@H](CO)C(=O)N[C@@H](CC(C)C)C(N)=O. The third kappa shape index (κ3) is 19.8. The van der Waals surface area contributed by atoms with E-state index in [1.54, 1.807) is 6.26 Å². The molecular formula is C38H69N11O9S. The molecule has 1 aliphatic carbocycles. The lowest BCUT2D eigenvalue weighted by molar-refractivity contribution is -0.143. The fraction of sp³-hybridized carbons (Fsp3) is 0.763. The highest BCUT2D eigenvalue weighted by Gasteiger charge is 2.34. The van der Waals surface area contributed by atoms with Gasteiger partial charge in [0.25, 0.3) is 0 Å². The van der Waals surface area contributed by atoms with E-state index in [1.807, 2.05) is 13.8 Å². The number of aliphatic hydroxyl groups is 1. The first-order chi connectivity index (χ1) is 27.7. The van der Waals surface area contributed by atoms with Crippen LogP contribution in [0.15, 0.2) is 4.99 Å². The normalized spacial score (nSPS) is 16.4. The third-order valence-electron chi connectivity index (χ3n) is 9.95. The molecule has 21 heteroatoms. The zero-order valence-corrected chi connectivity index (χ0v) is 36.5. The van der Waals surface area contributed by atoms with Crippen molar-refractivity contribution in [3.8, 4) is 0 Å². The molecule has 0 saturated heterocycles. The predicted octanol–water partition coefficient (Wildman–Crippen LogP) is -1.92. The van der Waals surface area contributed by atoms with Gasteiger partial charge in [-0.25, -0.2) is 0 Å². The Hall–Kier alpha value is -4.66. The molecule has 0 radical (unpaired) electrons. The van der Waals surface area contributed by atoms with Crippen molar-refractivity contribution in [3.63, 3.8) is 0 Å². The monoisotopic (exact) mass is 856 g/mol. The Labute approximate surface area is 351 Å². The molecule has 336 valence electrons. The Morgan fingerprint density at radius 1 is 0.729 bits per heavy atom. The van der Waals surface area contributed by atoms with Gasteiger partial charge in [0.05, 0.1) is 6.61 Å². The fourth-order valence-electron chi connectivity index (χ4n) is 6.66. The Bertz CT molecular complexity index is 1460. The number of thioether (sulfide) groups is 1. The van der Waals surface area contributed by atoms with Crippen molar-refractivity contribution in [2.24, 2.45) is 34.0 Å². The Morgan fingerprint density at radius 3 is 1.80 bits per heavy atom. The van der Waals surface area contributed by atoms with E-state index < -0.39 is 90.3 Å². The maximum Gasteiger partial charge on any atom is 0.245 e. The van der Waals surface area contributed by atoms with Crippen LogP contribution in [-0.2, 0) is 38.4 Å². The Balaban J connectivity index is 3.08. The van der Waals surface area contributed by atoms with Crippen LogP contribution in [0.4, 0.5) is 0 Å². The number of aliphatic hydroxyl groups excluding tert-OH is 1. The highest BCUT2D eigenvalue weighted by Crippen LogP contribution is 2.27. The van der Waals surface area contributed by atoms with Gasteiger partial charge in [0.15, 0.2) is 5.96 Å². The van der Waals surface area contributed by atoms with Gasteiger partial charge in [-0.15, -0.1) is 0 Å². The van der Waals surface area contributed by atoms with E-state index in [9.17, 15) is 43.5 Å². The average Bonchev–Trinajstić information content (AvgIpc) is 3.16. The molecule has 20 nitrogen and oxygen atoms in total. The lowest BCUT2D eigenvalue weighted by Gasteiger charge is -2.30. The standard InChI is InChI=1S/C38H69N11O9S/c1-21(2)18-28(31(39)52)48-36(57)30(20-50)49(6)37(58)23(4)44-34(55)27(15-17-59-7)46-32(53)22(3)43-33(54)26(14-11-16-42-38(40)41)47-35(56)29(45-24(5)51)19-25-12-9-8-10-13-25/h21-23,25-30,50H,8-20H2,1-7H3,(H2,39,52)(H,43,54)(H,44,55)(H,45,51)(H,46,53)(H,47,56)(H,48,57)(H4,40,41,42)/t22-,23-,26-,27-,28-,29-,30-/m0/s1. The van der Waals surface area contributed by atoms with Gasteiger partial charge in [0.1, 0.15) is 42.3 Å². The Morgan fingerprint density at radius 2 is 1.27 bits per heavy atom. The minimum absolute atomic E-state index is 0.0111. The topological polar surface area (TPSA) is 323 Å². The van der Waals surface area contributed by atoms with Gasteiger partial charge in [-0.05, 0) is 69.8 Å². The van der Waals surface area contributed by atoms with Gasteiger partial charge in [0, 0.05) is 20.5 Å². The number of aliphatic imine (C=N–C) groups is 1. The molecule has 0 bridgehead atoms. The van der Waals surface area contributed by atoms with Crippen LogP contribution in [-0.4, -0.2) is 138 Å². The summed E-state index contributed by atoms with van der Waals surface area (Å²) in [5.41, 5.74) is 16.3. The molecule has 0 heterocycles. The first-order valence-electron chi connectivity index (χ1n) is 20.2. The van der Waals surface area contributed by atoms with Crippen LogP contribution in [0.25, 0.3) is 0 Å². The van der Waals surface area contributed by atoms with Crippen LogP contribution in [0, 0.1) is 11.8 Å². The van der Waals surface area contributed by atoms with Crippen LogP contribution in [0.2, 0.25) is 0 Å². The summed E-state index contributed by atoms with van der Waals surface area (Å²) >= 11 is 1.41. The zero-order chi connectivity index (χ0) is 44.8. The number of primary amides is 1. The van der Waals surface area contributed by atoms with Crippen LogP contribution in [0.1, 0.15) is 98.8 Å². The van der Waals surface area contributed by atoms with E-state index in [2.05, 4.69) is 36.9 Å². The number of guanidine groups is 1. The van der Waals surface area contributed by atoms with Crippen molar-refractivity contribution in [3.05, 3.63) is 0 Å². The molecular weight excluding hydrogens is 787 g/mol. The lowest BCUT2D eigenvalue weighted by atomic mass is 9.84. The number of carbonyl (C=O) groups excluding carboxylic acids is 8. The van der Waals surface area contributed by atoms with Gasteiger partial charge in [-0.1, -0.05) is 46.0 Å². The minimum atomic E-state index is -1.40. The molecule has 0 aromatic rings. The molecule has 7 atom stereocenters. The number of nitrogens with two attached hydrogens (primary N) is 3. The summed E-state index contributed by atoms with van der Waals surface area (Å²) in [5, 5.41) is 25.7. The van der Waals surface area contributed by atoms with Crippen LogP contribution < -0.4 is 49.1 Å². The molecule has 1 rings (SSSR count). The molecule has 0 spiro atoms. The summed E-state index contributed by atoms with van der Waals surface area (Å²) in [7, 11) is 1.26. The molecule has 1 saturated carbocycles. The number of amides is 8. The summed E-state index contributed by atoms with van der Waals surface area (Å²) in [6, 6.07) is -7.98. The van der Waals surface area contributed by atoms with Crippen molar-refractivity contribution >= 4 is 65.0 Å². The molecule has 1 fully saturated rings. The zero-order valence-electron chi connectivity index (χ0n) is 35.6. The van der Waals surface area contributed by atoms with E-state index in [0.717, 1.165) is 37.0 Å². The van der Waals surface area contributed by atoms with Crippen LogP contribution >= 0.6 is 11.8 Å². The first-order valence-corrected chi connectivity index (χ1v) is 21.6. The summed E-state index contributed by atoms with van der Waals surface area (Å²) in [4.78, 5) is 109. The lowest BCUT2D eigenvalue weighted by Crippen LogP contribution is -2.60. The van der Waals surface area contributed by atoms with E-state index in [1.165, 1.54) is 39.6 Å². The van der Waals surface area contributed by atoms with Crippen molar-refractivity contribution in [1.29, 1.82) is 0 Å². The van der Waals surface area contributed by atoms with Crippen molar-refractivity contribution in [2.75, 3.05) is 32.2 Å². The largest absolute Gasteiger partial charge is 0.394 e. The Kier molecular flexibility index (Phi) is 24.1. The predicted molar refractivity (Wildman–Crippen MR) is 225 cm³/mol. The third-order valence-corrected chi connectivity index (χ3v) is 10.6. The molecule has 0 aromatic carbocycles. The van der Waals surface area contributed by atoms with Gasteiger partial charge in [0.2, 0.25) is 47.3 Å². The highest BCUT2D eigenvalue weighted by atomic mass is 32.2. The molecule has 13 N–H and O–H groups in total. The van der Waals surface area contributed by atoms with Crippen molar-refractivity contribution in [1.82, 2.24) is 36.8 Å². The number of rotatable bonds is 26. The van der Waals surface area contributed by atoms with Gasteiger partial charge in [-0.2, -0.15) is 11.8 Å². The van der Waals surface area contributed by atoms with Gasteiger partial charge in [-0.3, -0.25) is 43.3 Å². The van der Waals surface area contributed by atoms with Crippen LogP contribution in [0.3, 0.4) is 0 Å². The van der Waals surface area contributed by atoms with Gasteiger partial charge >= 0.3 is 0 Å². The number of nitrogens with one attached hydrogen (secondary N) is 6. The van der Waals surface area contributed by atoms with E-state index in [4.69, 9.17) is 17.2 Å². The highest BCUT2D eigenvalue weighted by molar-refractivity contribution is 7.98. The smallest absolute Gasteiger partial charge is 0.245 e. The maximum absolute atomic E-state index is 13.6. The van der Waals surface area contributed by atoms with E-state index in [0.29, 0.717) is 18.6 Å². The van der Waals surface area contributed by atoms with Gasteiger partial charge < -0.3 is 59.1 Å². The number of nitrogens with zero attached hydrogens (tertiary/aromatic N) is 2. The summed E-state index contributed by atoms with van der Waals surface area (Å²) in [5.74, 6) is -4.84. The average molecular weight is 856 g/mol. The summed E-state index contributed by atoms with van der Waals surface area (Å²) in [6.07, 6.45) is 8.06. The minimum Gasteiger partial charge on any atom is -0.394 e. The first kappa shape index (κ1) is 52.4. The maximum atomic E-state index is 13.6. The number of carbonyl (C=O) groups is 8. The molecule has 0 unspecified atom stereocenters. The second kappa shape index (κ2) is 27.2. The van der Waals surface area contributed by atoms with Crippen molar-refractivity contribution in [2.45, 2.75) is 141 Å². The number of hydrogen-bond acceptors (Lipinski definition) is 11. The van der Waals surface area contributed by atoms with E-state index >= 15 is 0 Å². The summed E-state index contributed by atoms with van der Waals surface area (Å²) in [6.45, 7) is 7.15. The quantitative estimate of drug-likeness (QED) is 0.0259. The molecule has 59 heavy (non-hydrogen) atoms. The molecule has 8 amide bonds. The molecule has 1 aliphatic rings. The van der Waals surface area contributed by atoms with Crippen LogP contribution in [0.5, 0.6) is 0 Å². The second-order valence-electron chi connectivity index (χ2n) is 15.5. The molecule has 0 aliphatic heterocycles. The fourth-order valence-corrected chi connectivity index (χ4v) is 7.13. The van der Waals surface area contributed by atoms with E-state index in [-0.39, 0.29) is 49.5 Å². The van der Waals surface area contributed by atoms with Crippen molar-refractivity contribution < 1.29 is 43.5 Å². The molecule has 0 aromatic heterocycles. The number of likely N-dealkylation sites (N-methyl/N-ethyl adjacent to an activating group) is 1. The summed E-state index contributed by atoms with van der Waals surface area (Å²) < 4.78 is 0.